The summed E-state index contributed by atoms with van der Waals surface area (Å²) >= 11 is 0. The first-order valence-corrected chi connectivity index (χ1v) is 11.2. The van der Waals surface area contributed by atoms with E-state index in [0.717, 1.165) is 38.4 Å². The van der Waals surface area contributed by atoms with Crippen LogP contribution in [0.4, 0.5) is 5.69 Å². The Hall–Kier alpha value is -4.19. The van der Waals surface area contributed by atoms with Crippen LogP contribution in [0.3, 0.4) is 0 Å². The highest BCUT2D eigenvalue weighted by molar-refractivity contribution is 6.25. The minimum absolute atomic E-state index is 0.00464. The summed E-state index contributed by atoms with van der Waals surface area (Å²) < 4.78 is 5.95. The van der Waals surface area contributed by atoms with E-state index in [9.17, 15) is 19.6 Å². The van der Waals surface area contributed by atoms with Gasteiger partial charge in [-0.05, 0) is 30.7 Å². The third-order valence-corrected chi connectivity index (χ3v) is 6.35. The van der Waals surface area contributed by atoms with E-state index < -0.39 is 11.6 Å². The van der Waals surface area contributed by atoms with Gasteiger partial charge in [-0.1, -0.05) is 0 Å². The van der Waals surface area contributed by atoms with Gasteiger partial charge in [0.2, 0.25) is 17.3 Å². The smallest absolute Gasteiger partial charge is 0.337 e. The van der Waals surface area contributed by atoms with E-state index in [0.29, 0.717) is 16.9 Å². The van der Waals surface area contributed by atoms with Crippen molar-refractivity contribution in [2.24, 2.45) is 0 Å². The fraction of sp³-hybridized carbons (Fsp3) is 0.348. The number of aromatic nitrogens is 5. The van der Waals surface area contributed by atoms with Gasteiger partial charge in [0.25, 0.3) is 0 Å². The monoisotopic (exact) mass is 477 g/mol. The average molecular weight is 477 g/mol. The lowest BCUT2D eigenvalue weighted by Gasteiger charge is -2.36. The number of hydrogen-bond donors (Lipinski definition) is 0. The molecule has 1 aromatic carbocycles. The highest BCUT2D eigenvalue weighted by atomic mass is 16.5. The van der Waals surface area contributed by atoms with Gasteiger partial charge in [0, 0.05) is 54.7 Å². The highest BCUT2D eigenvalue weighted by Gasteiger charge is 2.40. The molecular weight excluding hydrogens is 454 g/mol. The molecule has 0 atom stereocenters. The molecule has 0 spiro atoms. The van der Waals surface area contributed by atoms with Crippen molar-refractivity contribution in [1.82, 2.24) is 24.6 Å². The molecule has 1 aliphatic heterocycles. The Morgan fingerprint density at radius 2 is 1.80 bits per heavy atom. The van der Waals surface area contributed by atoms with Gasteiger partial charge in [0.05, 0.1) is 24.8 Å². The maximum Gasteiger partial charge on any atom is 0.337 e. The van der Waals surface area contributed by atoms with Crippen LogP contribution in [0.5, 0.6) is 0 Å². The molecule has 1 fully saturated rings. The second-order valence-corrected chi connectivity index (χ2v) is 8.34. The topological polar surface area (TPSA) is 137 Å². The highest BCUT2D eigenvalue weighted by Crippen LogP contribution is 2.23. The van der Waals surface area contributed by atoms with Gasteiger partial charge in [-0.25, -0.2) is 14.8 Å². The van der Waals surface area contributed by atoms with Crippen molar-refractivity contribution in [3.63, 3.8) is 0 Å². The Kier molecular flexibility index (Phi) is 5.95. The van der Waals surface area contributed by atoms with Crippen molar-refractivity contribution >= 4 is 23.2 Å². The Morgan fingerprint density at radius 3 is 2.51 bits per heavy atom. The summed E-state index contributed by atoms with van der Waals surface area (Å²) in [4.78, 5) is 49.7. The first kappa shape index (κ1) is 22.6. The summed E-state index contributed by atoms with van der Waals surface area (Å²) in [7, 11) is 1.36. The molecular formula is C23H23N7O5. The van der Waals surface area contributed by atoms with Gasteiger partial charge in [0.15, 0.2) is 5.69 Å². The van der Waals surface area contributed by atoms with Crippen LogP contribution in [0, 0.1) is 5.21 Å². The zero-order chi connectivity index (χ0) is 24.5. The number of benzene rings is 1. The first-order chi connectivity index (χ1) is 17.0. The number of hydrogen-bond acceptors (Lipinski definition) is 10. The maximum atomic E-state index is 12.9. The second-order valence-electron chi connectivity index (χ2n) is 8.34. The van der Waals surface area contributed by atoms with Gasteiger partial charge < -0.3 is 14.8 Å². The molecule has 0 saturated carbocycles. The molecule has 1 aliphatic carbocycles. The number of anilines is 1. The fourth-order valence-electron chi connectivity index (χ4n) is 4.49. The molecule has 3 heterocycles. The number of rotatable bonds is 6. The van der Waals surface area contributed by atoms with Crippen molar-refractivity contribution in [3.05, 3.63) is 70.2 Å². The third kappa shape index (κ3) is 4.12. The Morgan fingerprint density at radius 1 is 1.06 bits per heavy atom. The van der Waals surface area contributed by atoms with Crippen LogP contribution in [0.15, 0.2) is 36.8 Å². The Balaban J connectivity index is 1.18. The maximum absolute atomic E-state index is 12.9. The molecule has 35 heavy (non-hydrogen) atoms. The van der Waals surface area contributed by atoms with E-state index in [1.165, 1.54) is 24.3 Å². The van der Waals surface area contributed by atoms with Crippen LogP contribution in [-0.4, -0.2) is 82.0 Å². The SMILES string of the molecule is COC(=O)c1ccc(N2CCN(CCCn3c4c(n[n+]3[O-])C(=O)c3cncnc3C4=O)CC2)cc1. The second kappa shape index (κ2) is 9.22. The largest absolute Gasteiger partial charge is 0.571 e. The van der Waals surface area contributed by atoms with Crippen molar-refractivity contribution in [2.45, 2.75) is 13.0 Å². The number of carbonyl (C=O) groups is 3. The van der Waals surface area contributed by atoms with Crippen molar-refractivity contribution in [1.29, 1.82) is 0 Å². The molecule has 12 heteroatoms. The molecule has 12 nitrogen and oxygen atoms in total. The molecule has 0 bridgehead atoms. The van der Waals surface area contributed by atoms with E-state index in [1.807, 2.05) is 12.1 Å². The number of piperazine rings is 1. The fourth-order valence-corrected chi connectivity index (χ4v) is 4.49. The molecule has 180 valence electrons. The molecule has 0 N–H and O–H groups in total. The van der Waals surface area contributed by atoms with Crippen LogP contribution in [0.1, 0.15) is 49.0 Å². The van der Waals surface area contributed by atoms with Gasteiger partial charge >= 0.3 is 5.97 Å². The number of esters is 1. The Bertz CT molecular complexity index is 1300. The first-order valence-electron chi connectivity index (χ1n) is 11.2. The third-order valence-electron chi connectivity index (χ3n) is 6.35. The number of carbonyl (C=O) groups excluding carboxylic acids is 3. The number of fused-ring (bicyclic) bond motifs is 2. The summed E-state index contributed by atoms with van der Waals surface area (Å²) in [6.45, 7) is 4.29. The zero-order valence-corrected chi connectivity index (χ0v) is 19.1. The van der Waals surface area contributed by atoms with Crippen molar-refractivity contribution in [3.8, 4) is 0 Å². The van der Waals surface area contributed by atoms with Gasteiger partial charge in [0.1, 0.15) is 12.0 Å². The van der Waals surface area contributed by atoms with E-state index in [1.54, 1.807) is 12.1 Å². The summed E-state index contributed by atoms with van der Waals surface area (Å²) in [5.74, 6) is -1.37. The average Bonchev–Trinajstić information content (AvgIpc) is 3.23. The lowest BCUT2D eigenvalue weighted by atomic mass is 9.95. The summed E-state index contributed by atoms with van der Waals surface area (Å²) in [5.41, 5.74) is 1.45. The quantitative estimate of drug-likeness (QED) is 0.213. The van der Waals surface area contributed by atoms with Crippen LogP contribution in [0.2, 0.25) is 0 Å². The van der Waals surface area contributed by atoms with Crippen LogP contribution < -0.4 is 9.86 Å². The molecule has 0 amide bonds. The minimum Gasteiger partial charge on any atom is -0.571 e. The molecule has 0 unspecified atom stereocenters. The molecule has 2 aromatic heterocycles. The standard InChI is InChI=1S/C23H23N7O5/c1-35-23(33)15-3-5-16(6-4-15)28-11-9-27(10-12-28)7-2-8-29-20-19(26-30(29)34)21(31)17-13-24-14-25-18(17)22(20)32/h3-6,13-14H,2,7-12H2,1H3. The molecule has 0 radical (unpaired) electrons. The van der Waals surface area contributed by atoms with Crippen LogP contribution in [-0.2, 0) is 11.3 Å². The van der Waals surface area contributed by atoms with Crippen LogP contribution >= 0.6 is 0 Å². The summed E-state index contributed by atoms with van der Waals surface area (Å²) in [6, 6.07) is 7.35. The predicted octanol–water partition coefficient (Wildman–Crippen LogP) is 0.0808. The van der Waals surface area contributed by atoms with Crippen LogP contribution in [0.25, 0.3) is 0 Å². The van der Waals surface area contributed by atoms with Gasteiger partial charge in [-0.15, -0.1) is 4.68 Å². The number of methoxy groups -OCH3 is 1. The Labute approximate surface area is 200 Å². The van der Waals surface area contributed by atoms with Crippen molar-refractivity contribution in [2.75, 3.05) is 44.7 Å². The summed E-state index contributed by atoms with van der Waals surface area (Å²) in [6.07, 6.45) is 3.08. The number of ether oxygens (including phenoxy) is 1. The zero-order valence-electron chi connectivity index (χ0n) is 19.1. The van der Waals surface area contributed by atoms with E-state index in [2.05, 4.69) is 24.9 Å². The molecule has 1 saturated heterocycles. The van der Waals surface area contributed by atoms with Gasteiger partial charge in [-0.2, -0.15) is 0 Å². The van der Waals surface area contributed by atoms with E-state index in [4.69, 9.17) is 4.74 Å². The normalized spacial score (nSPS) is 15.6. The molecule has 5 rings (SSSR count). The molecule has 3 aromatic rings. The molecule has 2 aliphatic rings. The minimum atomic E-state index is -0.519. The lowest BCUT2D eigenvalue weighted by Crippen LogP contribution is -2.47. The number of nitrogens with zero attached hydrogens (tertiary/aromatic N) is 7. The van der Waals surface area contributed by atoms with E-state index in [-0.39, 0.29) is 35.2 Å². The van der Waals surface area contributed by atoms with Gasteiger partial charge in [-0.3, -0.25) is 14.5 Å². The van der Waals surface area contributed by atoms with E-state index >= 15 is 0 Å². The van der Waals surface area contributed by atoms with Crippen molar-refractivity contribution < 1.29 is 24.1 Å². The lowest BCUT2D eigenvalue weighted by molar-refractivity contribution is -0.749. The number of ketones is 2. The summed E-state index contributed by atoms with van der Waals surface area (Å²) in [5, 5.41) is 16.2. The predicted molar refractivity (Wildman–Crippen MR) is 121 cm³/mol.